The van der Waals surface area contributed by atoms with Crippen LogP contribution in [-0.4, -0.2) is 28.8 Å². The van der Waals surface area contributed by atoms with Crippen molar-refractivity contribution in [1.82, 2.24) is 5.32 Å². The molecule has 23 heavy (non-hydrogen) atoms. The lowest BCUT2D eigenvalue weighted by Gasteiger charge is -2.13. The van der Waals surface area contributed by atoms with Crippen LogP contribution in [-0.2, 0) is 9.59 Å². The highest BCUT2D eigenvalue weighted by Crippen LogP contribution is 2.11. The molecule has 0 unspecified atom stereocenters. The van der Waals surface area contributed by atoms with Crippen molar-refractivity contribution in [3.63, 3.8) is 0 Å². The molecule has 7 heteroatoms. The number of carboxylic acids is 1. The molecule has 0 aliphatic rings. The number of amides is 1. The normalized spacial score (nSPS) is 11.8. The average Bonchev–Trinajstić information content (AvgIpc) is 2.51. The molecule has 5 nitrogen and oxygen atoms in total. The van der Waals surface area contributed by atoms with E-state index in [2.05, 4.69) is 5.32 Å². The largest absolute Gasteiger partial charge is 0.480 e. The first-order chi connectivity index (χ1) is 10.8. The second-order valence-corrected chi connectivity index (χ2v) is 5.15. The Hall–Kier alpha value is -2.31. The molecule has 1 aromatic rings. The van der Waals surface area contributed by atoms with Crippen molar-refractivity contribution in [2.24, 2.45) is 0 Å². The highest BCUT2D eigenvalue weighted by Gasteiger charge is 2.20. The predicted octanol–water partition coefficient (Wildman–Crippen LogP) is 2.69. The maximum absolute atomic E-state index is 13.0. The van der Waals surface area contributed by atoms with Gasteiger partial charge in [0.2, 0.25) is 5.91 Å². The molecule has 0 fully saturated rings. The first-order valence-electron chi connectivity index (χ1n) is 7.35. The van der Waals surface area contributed by atoms with E-state index < -0.39 is 35.3 Å². The Labute approximate surface area is 132 Å². The lowest BCUT2D eigenvalue weighted by molar-refractivity contribution is -0.142. The molecule has 0 aromatic heterocycles. The van der Waals surface area contributed by atoms with Crippen LogP contribution in [0.1, 0.15) is 49.4 Å². The zero-order valence-electron chi connectivity index (χ0n) is 12.8. The van der Waals surface area contributed by atoms with Crippen LogP contribution < -0.4 is 5.32 Å². The van der Waals surface area contributed by atoms with E-state index in [1.807, 2.05) is 6.92 Å². The summed E-state index contributed by atoms with van der Waals surface area (Å²) in [6.45, 7) is 1.90. The van der Waals surface area contributed by atoms with Gasteiger partial charge in [-0.1, -0.05) is 19.8 Å². The summed E-state index contributed by atoms with van der Waals surface area (Å²) in [7, 11) is 0. The highest BCUT2D eigenvalue weighted by molar-refractivity contribution is 5.98. The minimum absolute atomic E-state index is 0.0301. The number of benzene rings is 1. The van der Waals surface area contributed by atoms with Gasteiger partial charge >= 0.3 is 5.97 Å². The molecule has 0 heterocycles. The molecular formula is C16H19F2NO4. The third-order valence-corrected chi connectivity index (χ3v) is 3.30. The predicted molar refractivity (Wildman–Crippen MR) is 79.0 cm³/mol. The SMILES string of the molecule is CCCC[C@H](NC(=O)CCC(=O)c1ccc(F)c(F)c1)C(=O)O. The Morgan fingerprint density at radius 1 is 1.17 bits per heavy atom. The molecule has 1 atom stereocenters. The zero-order valence-corrected chi connectivity index (χ0v) is 12.8. The Bertz CT molecular complexity index is 589. The molecular weight excluding hydrogens is 308 g/mol. The molecule has 0 radical (unpaired) electrons. The second-order valence-electron chi connectivity index (χ2n) is 5.15. The van der Waals surface area contributed by atoms with Crippen molar-refractivity contribution in [1.29, 1.82) is 0 Å². The van der Waals surface area contributed by atoms with Gasteiger partial charge in [-0.15, -0.1) is 0 Å². The van der Waals surface area contributed by atoms with Gasteiger partial charge in [-0.3, -0.25) is 9.59 Å². The Morgan fingerprint density at radius 3 is 2.43 bits per heavy atom. The van der Waals surface area contributed by atoms with Gasteiger partial charge in [0.05, 0.1) is 0 Å². The van der Waals surface area contributed by atoms with Crippen LogP contribution in [0.3, 0.4) is 0 Å². The summed E-state index contributed by atoms with van der Waals surface area (Å²) in [5, 5.41) is 11.4. The summed E-state index contributed by atoms with van der Waals surface area (Å²) in [5.74, 6) is -4.40. The van der Waals surface area contributed by atoms with Crippen LogP contribution in [0.5, 0.6) is 0 Å². The van der Waals surface area contributed by atoms with Gasteiger partial charge in [0.15, 0.2) is 17.4 Å². The molecule has 0 aliphatic heterocycles. The fourth-order valence-electron chi connectivity index (χ4n) is 1.97. The molecule has 0 spiro atoms. The van der Waals surface area contributed by atoms with Crippen molar-refractivity contribution >= 4 is 17.7 Å². The molecule has 0 bridgehead atoms. The lowest BCUT2D eigenvalue weighted by Crippen LogP contribution is -2.40. The Kier molecular flexibility index (Phi) is 7.31. The van der Waals surface area contributed by atoms with E-state index in [-0.39, 0.29) is 18.4 Å². The number of hydrogen-bond donors (Lipinski definition) is 2. The molecule has 0 saturated heterocycles. The summed E-state index contributed by atoms with van der Waals surface area (Å²) in [6, 6.07) is 1.77. The number of Topliss-reactive ketones (excluding diaryl/α,β-unsaturated/α-hetero) is 1. The first kappa shape index (κ1) is 18.7. The van der Waals surface area contributed by atoms with Crippen molar-refractivity contribution in [3.05, 3.63) is 35.4 Å². The summed E-state index contributed by atoms with van der Waals surface area (Å²) in [5.41, 5.74) is -0.0301. The van der Waals surface area contributed by atoms with Crippen molar-refractivity contribution in [3.8, 4) is 0 Å². The quantitative estimate of drug-likeness (QED) is 0.683. The van der Waals surface area contributed by atoms with Crippen LogP contribution in [0.2, 0.25) is 0 Å². The van der Waals surface area contributed by atoms with Crippen molar-refractivity contribution < 1.29 is 28.3 Å². The van der Waals surface area contributed by atoms with Gasteiger partial charge in [-0.25, -0.2) is 13.6 Å². The van der Waals surface area contributed by atoms with Crippen LogP contribution in [0.25, 0.3) is 0 Å². The second kappa shape index (κ2) is 8.97. The van der Waals surface area contributed by atoms with Gasteiger partial charge in [0.1, 0.15) is 6.04 Å². The number of carbonyl (C=O) groups is 3. The summed E-state index contributed by atoms with van der Waals surface area (Å²) < 4.78 is 25.8. The molecule has 0 aliphatic carbocycles. The molecule has 0 saturated carbocycles. The van der Waals surface area contributed by atoms with E-state index in [9.17, 15) is 23.2 Å². The fraction of sp³-hybridized carbons (Fsp3) is 0.438. The fourth-order valence-corrected chi connectivity index (χ4v) is 1.97. The topological polar surface area (TPSA) is 83.5 Å². The number of hydrogen-bond acceptors (Lipinski definition) is 3. The van der Waals surface area contributed by atoms with Crippen molar-refractivity contribution in [2.45, 2.75) is 45.1 Å². The summed E-state index contributed by atoms with van der Waals surface area (Å²) in [4.78, 5) is 34.5. The van der Waals surface area contributed by atoms with Gasteiger partial charge in [-0.2, -0.15) is 0 Å². The van der Waals surface area contributed by atoms with Crippen LogP contribution in [0.4, 0.5) is 8.78 Å². The maximum atomic E-state index is 13.0. The first-order valence-corrected chi connectivity index (χ1v) is 7.35. The summed E-state index contributed by atoms with van der Waals surface area (Å²) >= 11 is 0. The monoisotopic (exact) mass is 327 g/mol. The number of halogens is 2. The average molecular weight is 327 g/mol. The number of aliphatic carboxylic acids is 1. The lowest BCUT2D eigenvalue weighted by atomic mass is 10.1. The van der Waals surface area contributed by atoms with E-state index in [0.717, 1.165) is 24.6 Å². The maximum Gasteiger partial charge on any atom is 0.326 e. The van der Waals surface area contributed by atoms with E-state index in [0.29, 0.717) is 12.8 Å². The van der Waals surface area contributed by atoms with E-state index in [1.54, 1.807) is 0 Å². The minimum atomic E-state index is -1.13. The van der Waals surface area contributed by atoms with E-state index >= 15 is 0 Å². The zero-order chi connectivity index (χ0) is 17.4. The smallest absolute Gasteiger partial charge is 0.326 e. The number of unbranched alkanes of at least 4 members (excludes halogenated alkanes) is 1. The van der Waals surface area contributed by atoms with E-state index in [1.165, 1.54) is 0 Å². The van der Waals surface area contributed by atoms with Crippen LogP contribution in [0, 0.1) is 11.6 Å². The van der Waals surface area contributed by atoms with Crippen molar-refractivity contribution in [2.75, 3.05) is 0 Å². The number of ketones is 1. The Balaban J connectivity index is 2.52. The molecule has 126 valence electrons. The number of carbonyl (C=O) groups excluding carboxylic acids is 2. The molecule has 1 amide bonds. The molecule has 1 aromatic carbocycles. The summed E-state index contributed by atoms with van der Waals surface area (Å²) in [6.07, 6.45) is 1.35. The molecule has 2 N–H and O–H groups in total. The number of rotatable bonds is 9. The third-order valence-electron chi connectivity index (χ3n) is 3.30. The van der Waals surface area contributed by atoms with Crippen LogP contribution in [0.15, 0.2) is 18.2 Å². The van der Waals surface area contributed by atoms with Gasteiger partial charge in [0, 0.05) is 18.4 Å². The number of carboxylic acid groups (broad SMARTS) is 1. The van der Waals surface area contributed by atoms with Gasteiger partial charge in [-0.05, 0) is 24.6 Å². The van der Waals surface area contributed by atoms with E-state index in [4.69, 9.17) is 5.11 Å². The highest BCUT2D eigenvalue weighted by atomic mass is 19.2. The van der Waals surface area contributed by atoms with Gasteiger partial charge < -0.3 is 10.4 Å². The standard InChI is InChI=1S/C16H19F2NO4/c1-2-3-4-13(16(22)23)19-15(21)8-7-14(20)10-5-6-11(17)12(18)9-10/h5-6,9,13H,2-4,7-8H2,1H3,(H,19,21)(H,22,23)/t13-/m0/s1. The number of nitrogens with one attached hydrogen (secondary N) is 1. The van der Waals surface area contributed by atoms with Gasteiger partial charge in [0.25, 0.3) is 0 Å². The Morgan fingerprint density at radius 2 is 1.87 bits per heavy atom. The van der Waals surface area contributed by atoms with Crippen LogP contribution >= 0.6 is 0 Å². The third kappa shape index (κ3) is 6.14. The molecule has 1 rings (SSSR count). The minimum Gasteiger partial charge on any atom is -0.480 e.